The third kappa shape index (κ3) is 8.02. The summed E-state index contributed by atoms with van der Waals surface area (Å²) in [4.78, 5) is 24.4. The summed E-state index contributed by atoms with van der Waals surface area (Å²) >= 11 is 6.28. The van der Waals surface area contributed by atoms with Crippen molar-refractivity contribution in [2.24, 2.45) is 0 Å². The minimum absolute atomic E-state index is 0.0126. The first-order chi connectivity index (χ1) is 15.4. The second-order valence-corrected chi connectivity index (χ2v) is 7.76. The second-order valence-electron chi connectivity index (χ2n) is 7.35. The minimum atomic E-state index is -4.52. The van der Waals surface area contributed by atoms with Gasteiger partial charge < -0.3 is 20.1 Å². The normalized spacial score (nSPS) is 11.5. The van der Waals surface area contributed by atoms with E-state index in [1.807, 2.05) is 13.8 Å². The Morgan fingerprint density at radius 2 is 1.88 bits per heavy atom. The van der Waals surface area contributed by atoms with Gasteiger partial charge in [-0.2, -0.15) is 13.2 Å². The Morgan fingerprint density at radius 1 is 1.18 bits per heavy atom. The lowest BCUT2D eigenvalue weighted by Gasteiger charge is -2.15. The van der Waals surface area contributed by atoms with E-state index in [2.05, 4.69) is 5.32 Å². The van der Waals surface area contributed by atoms with Gasteiger partial charge in [0.15, 0.2) is 11.5 Å². The van der Waals surface area contributed by atoms with Crippen LogP contribution in [0.4, 0.5) is 18.9 Å². The highest BCUT2D eigenvalue weighted by atomic mass is 35.5. The number of alkyl halides is 3. The van der Waals surface area contributed by atoms with E-state index in [0.29, 0.717) is 33.3 Å². The number of hydrogen-bond acceptors (Lipinski definition) is 4. The largest absolute Gasteiger partial charge is 0.493 e. The number of benzene rings is 2. The van der Waals surface area contributed by atoms with E-state index < -0.39 is 24.5 Å². The van der Waals surface area contributed by atoms with Gasteiger partial charge in [-0.1, -0.05) is 17.7 Å². The smallest absolute Gasteiger partial charge is 0.405 e. The van der Waals surface area contributed by atoms with E-state index in [4.69, 9.17) is 21.1 Å². The molecule has 0 aliphatic rings. The molecular weight excluding hydrogens is 461 g/mol. The fourth-order valence-corrected chi connectivity index (χ4v) is 2.98. The zero-order chi connectivity index (χ0) is 24.8. The summed E-state index contributed by atoms with van der Waals surface area (Å²) in [6.45, 7) is 3.95. The molecule has 2 aromatic carbocycles. The SMILES string of the molecule is COc1cc(C=CC(=O)Nc2cc(C(=O)NCC(F)(F)F)ccc2C)cc(Cl)c1OC(C)C. The lowest BCUT2D eigenvalue weighted by atomic mass is 10.1. The molecule has 0 aliphatic heterocycles. The highest BCUT2D eigenvalue weighted by molar-refractivity contribution is 6.32. The van der Waals surface area contributed by atoms with E-state index in [1.165, 1.54) is 37.5 Å². The standard InChI is InChI=1S/C23H24ClF3N2O4/c1-13(2)33-21-17(24)9-15(10-19(21)32-4)6-8-20(30)29-18-11-16(7-5-14(18)3)22(31)28-12-23(25,26)27/h5-11,13H,12H2,1-4H3,(H,28,31)(H,29,30). The number of carbonyl (C=O) groups is 2. The van der Waals surface area contributed by atoms with Crippen LogP contribution < -0.4 is 20.1 Å². The number of ether oxygens (including phenoxy) is 2. The number of halogens is 4. The van der Waals surface area contributed by atoms with Crippen LogP contribution >= 0.6 is 11.6 Å². The Bertz CT molecular complexity index is 1050. The first-order valence-corrected chi connectivity index (χ1v) is 10.3. The molecule has 0 saturated heterocycles. The minimum Gasteiger partial charge on any atom is -0.493 e. The molecule has 0 heterocycles. The summed E-state index contributed by atoms with van der Waals surface area (Å²) in [5.41, 5.74) is 1.49. The molecule has 0 fully saturated rings. The first kappa shape index (κ1) is 26.1. The third-order valence-electron chi connectivity index (χ3n) is 4.24. The first-order valence-electron chi connectivity index (χ1n) is 9.88. The predicted octanol–water partition coefficient (Wildman–Crippen LogP) is 5.39. The van der Waals surface area contributed by atoms with Gasteiger partial charge in [0.1, 0.15) is 6.54 Å². The number of hydrogen-bond donors (Lipinski definition) is 2. The summed E-state index contributed by atoms with van der Waals surface area (Å²) in [5.74, 6) is -0.607. The van der Waals surface area contributed by atoms with Crippen molar-refractivity contribution in [1.29, 1.82) is 0 Å². The van der Waals surface area contributed by atoms with Crippen molar-refractivity contribution >= 4 is 35.2 Å². The van der Waals surface area contributed by atoms with Gasteiger partial charge in [0.2, 0.25) is 5.91 Å². The Labute approximate surface area is 194 Å². The average Bonchev–Trinajstić information content (AvgIpc) is 2.72. The lowest BCUT2D eigenvalue weighted by Crippen LogP contribution is -2.33. The third-order valence-corrected chi connectivity index (χ3v) is 4.52. The molecule has 2 aromatic rings. The van der Waals surface area contributed by atoms with Crippen molar-refractivity contribution in [3.63, 3.8) is 0 Å². The molecule has 0 spiro atoms. The van der Waals surface area contributed by atoms with E-state index in [0.717, 1.165) is 0 Å². The lowest BCUT2D eigenvalue weighted by molar-refractivity contribution is -0.123. The molecule has 178 valence electrons. The van der Waals surface area contributed by atoms with Gasteiger partial charge in [0, 0.05) is 17.3 Å². The van der Waals surface area contributed by atoms with Crippen LogP contribution in [0.2, 0.25) is 5.02 Å². The van der Waals surface area contributed by atoms with Crippen LogP contribution in [-0.2, 0) is 4.79 Å². The summed E-state index contributed by atoms with van der Waals surface area (Å²) in [6.07, 6.45) is -1.87. The molecule has 0 aliphatic carbocycles. The molecule has 2 rings (SSSR count). The number of nitrogens with one attached hydrogen (secondary N) is 2. The average molecular weight is 485 g/mol. The summed E-state index contributed by atoms with van der Waals surface area (Å²) in [7, 11) is 1.47. The predicted molar refractivity (Wildman–Crippen MR) is 121 cm³/mol. The van der Waals surface area contributed by atoms with Crippen LogP contribution in [-0.4, -0.2) is 37.7 Å². The molecule has 10 heteroatoms. The molecule has 6 nitrogen and oxygen atoms in total. The second kappa shape index (κ2) is 11.1. The Hall–Kier alpha value is -3.20. The van der Waals surface area contributed by atoms with Crippen LogP contribution in [0.15, 0.2) is 36.4 Å². The number of anilines is 1. The molecule has 0 bridgehead atoms. The maximum atomic E-state index is 12.4. The van der Waals surface area contributed by atoms with Crippen LogP contribution in [0.3, 0.4) is 0 Å². The fourth-order valence-electron chi connectivity index (χ4n) is 2.71. The zero-order valence-electron chi connectivity index (χ0n) is 18.5. The van der Waals surface area contributed by atoms with Crippen LogP contribution in [0.5, 0.6) is 11.5 Å². The number of carbonyl (C=O) groups excluding carboxylic acids is 2. The molecule has 0 atom stereocenters. The van der Waals surface area contributed by atoms with Crippen LogP contribution in [0, 0.1) is 6.92 Å². The highest BCUT2D eigenvalue weighted by Crippen LogP contribution is 2.37. The van der Waals surface area contributed by atoms with Crippen LogP contribution in [0.25, 0.3) is 6.08 Å². The van der Waals surface area contributed by atoms with E-state index in [1.54, 1.807) is 24.4 Å². The fraction of sp³-hybridized carbons (Fsp3) is 0.304. The van der Waals surface area contributed by atoms with Crippen molar-refractivity contribution in [1.82, 2.24) is 5.32 Å². The topological polar surface area (TPSA) is 76.7 Å². The van der Waals surface area contributed by atoms with Crippen molar-refractivity contribution in [3.05, 3.63) is 58.1 Å². The Balaban J connectivity index is 2.14. The molecule has 2 amide bonds. The van der Waals surface area contributed by atoms with E-state index in [9.17, 15) is 22.8 Å². The van der Waals surface area contributed by atoms with Gasteiger partial charge in [-0.05, 0) is 62.2 Å². The monoisotopic (exact) mass is 484 g/mol. The molecule has 33 heavy (non-hydrogen) atoms. The zero-order valence-corrected chi connectivity index (χ0v) is 19.2. The van der Waals surface area contributed by atoms with Gasteiger partial charge in [-0.15, -0.1) is 0 Å². The molecule has 0 aromatic heterocycles. The summed E-state index contributed by atoms with van der Waals surface area (Å²) in [6, 6.07) is 7.49. The molecule has 0 saturated carbocycles. The van der Waals surface area contributed by atoms with Crippen molar-refractivity contribution < 1.29 is 32.2 Å². The number of methoxy groups -OCH3 is 1. The van der Waals surface area contributed by atoms with Crippen molar-refractivity contribution in [3.8, 4) is 11.5 Å². The molecule has 0 radical (unpaired) electrons. The Kier molecular flexibility index (Phi) is 8.76. The van der Waals surface area contributed by atoms with Gasteiger partial charge in [-0.3, -0.25) is 9.59 Å². The summed E-state index contributed by atoms with van der Waals surface area (Å²) < 4.78 is 47.9. The Morgan fingerprint density at radius 3 is 2.48 bits per heavy atom. The van der Waals surface area contributed by atoms with Gasteiger partial charge in [0.05, 0.1) is 18.2 Å². The van der Waals surface area contributed by atoms with Gasteiger partial charge in [-0.25, -0.2) is 0 Å². The van der Waals surface area contributed by atoms with Gasteiger partial charge in [0.25, 0.3) is 5.91 Å². The van der Waals surface area contributed by atoms with Crippen LogP contribution in [0.1, 0.15) is 35.3 Å². The van der Waals surface area contributed by atoms with E-state index in [-0.39, 0.29) is 11.7 Å². The quantitative estimate of drug-likeness (QED) is 0.493. The van der Waals surface area contributed by atoms with E-state index >= 15 is 0 Å². The maximum Gasteiger partial charge on any atom is 0.405 e. The highest BCUT2D eigenvalue weighted by Gasteiger charge is 2.28. The van der Waals surface area contributed by atoms with Crippen molar-refractivity contribution in [2.75, 3.05) is 19.0 Å². The number of amides is 2. The van der Waals surface area contributed by atoms with Crippen molar-refractivity contribution in [2.45, 2.75) is 33.1 Å². The summed E-state index contributed by atoms with van der Waals surface area (Å²) in [5, 5.41) is 4.72. The number of aryl methyl sites for hydroxylation is 1. The maximum absolute atomic E-state index is 12.4. The van der Waals surface area contributed by atoms with Gasteiger partial charge >= 0.3 is 6.18 Å². The molecule has 0 unspecified atom stereocenters. The molecular formula is C23H24ClF3N2O4. The number of rotatable bonds is 8. The molecule has 2 N–H and O–H groups in total.